The van der Waals surface area contributed by atoms with E-state index >= 15 is 0 Å². The average Bonchev–Trinajstić information content (AvgIpc) is 3.46. The molecule has 5 heterocycles. The first-order valence-corrected chi connectivity index (χ1v) is 12.9. The number of piperidine rings is 1. The Balaban J connectivity index is 1.54. The number of morpholine rings is 1. The van der Waals surface area contributed by atoms with Gasteiger partial charge in [0.1, 0.15) is 17.7 Å². The molecule has 0 bridgehead atoms. The second kappa shape index (κ2) is 9.39. The summed E-state index contributed by atoms with van der Waals surface area (Å²) in [5.41, 5.74) is 3.67. The van der Waals surface area contributed by atoms with E-state index in [1.54, 1.807) is 13.1 Å². The van der Waals surface area contributed by atoms with E-state index in [0.717, 1.165) is 5.39 Å². The molecular weight excluding hydrogens is 495 g/mol. The quantitative estimate of drug-likeness (QED) is 0.404. The Labute approximate surface area is 218 Å². The minimum absolute atomic E-state index is 0.0671. The summed E-state index contributed by atoms with van der Waals surface area (Å²) in [6.45, 7) is 7.53. The van der Waals surface area contributed by atoms with Gasteiger partial charge in [0.15, 0.2) is 5.82 Å². The molecular formula is C27H30F3N7O. The topological polar surface area (TPSA) is 83.9 Å². The molecule has 2 fully saturated rings. The van der Waals surface area contributed by atoms with E-state index in [4.69, 9.17) is 14.7 Å². The number of anilines is 1. The van der Waals surface area contributed by atoms with E-state index in [2.05, 4.69) is 27.2 Å². The van der Waals surface area contributed by atoms with Gasteiger partial charge in [0.05, 0.1) is 37.2 Å². The van der Waals surface area contributed by atoms with Crippen LogP contribution < -0.4 is 10.2 Å². The van der Waals surface area contributed by atoms with Gasteiger partial charge in [-0.2, -0.15) is 5.10 Å². The molecule has 0 amide bonds. The van der Waals surface area contributed by atoms with Crippen LogP contribution in [0.25, 0.3) is 33.5 Å². The van der Waals surface area contributed by atoms with E-state index in [9.17, 15) is 13.2 Å². The van der Waals surface area contributed by atoms with Gasteiger partial charge in [-0.3, -0.25) is 4.68 Å². The zero-order chi connectivity index (χ0) is 26.6. The maximum absolute atomic E-state index is 14.9. The maximum Gasteiger partial charge on any atom is 0.282 e. The van der Waals surface area contributed by atoms with E-state index in [0.29, 0.717) is 71.7 Å². The van der Waals surface area contributed by atoms with Crippen molar-refractivity contribution in [2.45, 2.75) is 45.2 Å². The number of aryl methyl sites for hydroxylation is 1. The predicted octanol–water partition coefficient (Wildman–Crippen LogP) is 4.64. The summed E-state index contributed by atoms with van der Waals surface area (Å²) in [6, 6.07) is 5.63. The minimum Gasteiger partial charge on any atom is -0.377 e. The fraction of sp³-hybridized carbons (Fsp3) is 0.444. The summed E-state index contributed by atoms with van der Waals surface area (Å²) < 4.78 is 51.4. The lowest BCUT2D eigenvalue weighted by Gasteiger charge is -2.34. The third-order valence-electron chi connectivity index (χ3n) is 7.57. The number of nitrogens with zero attached hydrogens (tertiary/aromatic N) is 5. The monoisotopic (exact) mass is 525 g/mol. The summed E-state index contributed by atoms with van der Waals surface area (Å²) in [6.07, 6.45) is 2.02. The number of alkyl halides is 2. The number of hydrogen-bond donors (Lipinski definition) is 2. The Morgan fingerprint density at radius 1 is 1.16 bits per heavy atom. The van der Waals surface area contributed by atoms with Crippen molar-refractivity contribution in [3.63, 3.8) is 0 Å². The maximum atomic E-state index is 14.9. The molecule has 2 saturated heterocycles. The molecule has 6 rings (SSSR count). The number of H-pyrrole nitrogens is 1. The first kappa shape index (κ1) is 24.9. The van der Waals surface area contributed by atoms with E-state index in [1.165, 1.54) is 16.8 Å². The fourth-order valence-corrected chi connectivity index (χ4v) is 5.68. The van der Waals surface area contributed by atoms with Crippen LogP contribution in [0.15, 0.2) is 30.5 Å². The number of benzene rings is 1. The predicted molar refractivity (Wildman–Crippen MR) is 139 cm³/mol. The second-order valence-corrected chi connectivity index (χ2v) is 10.2. The number of nitrogens with one attached hydrogen (secondary N) is 2. The van der Waals surface area contributed by atoms with Gasteiger partial charge in [-0.05, 0) is 51.9 Å². The summed E-state index contributed by atoms with van der Waals surface area (Å²) >= 11 is 0. The van der Waals surface area contributed by atoms with Crippen molar-refractivity contribution < 1.29 is 17.9 Å². The van der Waals surface area contributed by atoms with Crippen molar-refractivity contribution in [1.29, 1.82) is 0 Å². The third kappa shape index (κ3) is 4.23. The number of aromatic nitrogens is 5. The molecule has 11 heteroatoms. The molecule has 0 aliphatic carbocycles. The largest absolute Gasteiger partial charge is 0.377 e. The molecule has 0 spiro atoms. The number of hydrogen-bond acceptors (Lipinski definition) is 6. The number of halogens is 3. The normalized spacial score (nSPS) is 21.8. The van der Waals surface area contributed by atoms with Crippen molar-refractivity contribution in [2.24, 2.45) is 0 Å². The van der Waals surface area contributed by atoms with Crippen molar-refractivity contribution in [2.75, 3.05) is 37.7 Å². The first-order chi connectivity index (χ1) is 18.2. The SMILES string of the molecule is Cc1nn(C2CCNCC2(F)F)c(C)c1-c1cc(N2CCOC[C@H]2C)nc(-c2cc(F)cc3[nH]ccc23)n1. The zero-order valence-electron chi connectivity index (χ0n) is 21.6. The van der Waals surface area contributed by atoms with Gasteiger partial charge in [0.2, 0.25) is 0 Å². The van der Waals surface area contributed by atoms with Crippen molar-refractivity contribution in [3.8, 4) is 22.6 Å². The van der Waals surface area contributed by atoms with E-state index in [1.807, 2.05) is 19.1 Å². The van der Waals surface area contributed by atoms with Gasteiger partial charge < -0.3 is 19.9 Å². The Kier molecular flexibility index (Phi) is 6.14. The lowest BCUT2D eigenvalue weighted by Crippen LogP contribution is -2.47. The van der Waals surface area contributed by atoms with Gasteiger partial charge >= 0.3 is 0 Å². The van der Waals surface area contributed by atoms with Crippen LogP contribution >= 0.6 is 0 Å². The summed E-state index contributed by atoms with van der Waals surface area (Å²) in [5, 5.41) is 8.14. The van der Waals surface area contributed by atoms with Crippen molar-refractivity contribution in [3.05, 3.63) is 47.7 Å². The number of aromatic amines is 1. The molecule has 4 aromatic rings. The molecule has 0 saturated carbocycles. The molecule has 3 aromatic heterocycles. The van der Waals surface area contributed by atoms with Crippen LogP contribution in [0.4, 0.5) is 19.0 Å². The highest BCUT2D eigenvalue weighted by Gasteiger charge is 2.44. The highest BCUT2D eigenvalue weighted by Crippen LogP contribution is 2.39. The molecule has 2 N–H and O–H groups in total. The Morgan fingerprint density at radius 2 is 2.00 bits per heavy atom. The Hall–Kier alpha value is -3.44. The van der Waals surface area contributed by atoms with Crippen LogP contribution in [0, 0.1) is 19.7 Å². The molecule has 0 radical (unpaired) electrons. The van der Waals surface area contributed by atoms with Gasteiger partial charge in [-0.1, -0.05) is 0 Å². The van der Waals surface area contributed by atoms with Crippen molar-refractivity contribution >= 4 is 16.7 Å². The Bertz CT molecular complexity index is 1500. The lowest BCUT2D eigenvalue weighted by molar-refractivity contribution is -0.0704. The van der Waals surface area contributed by atoms with Gasteiger partial charge in [0.25, 0.3) is 5.92 Å². The van der Waals surface area contributed by atoms with Crippen LogP contribution in [-0.2, 0) is 4.74 Å². The molecule has 1 aromatic carbocycles. The average molecular weight is 526 g/mol. The molecule has 1 unspecified atom stereocenters. The van der Waals surface area contributed by atoms with E-state index in [-0.39, 0.29) is 19.0 Å². The molecule has 200 valence electrons. The smallest absolute Gasteiger partial charge is 0.282 e. The van der Waals surface area contributed by atoms with Crippen LogP contribution in [0.5, 0.6) is 0 Å². The molecule has 2 aliphatic heterocycles. The van der Waals surface area contributed by atoms with Crippen LogP contribution in [-0.4, -0.2) is 69.5 Å². The standard InChI is InChI=1S/C27H30F3N7O/c1-15-13-38-9-8-36(15)24-12-22(33-26(34-24)20-10-18(28)11-21-19(20)4-7-32-21)25-16(2)35-37(17(25)3)23-5-6-31-14-27(23,29)30/h4,7,10-12,15,23,31-32H,5-6,8-9,13-14H2,1-3H3/t15-,23?/m1/s1. The third-order valence-corrected chi connectivity index (χ3v) is 7.57. The molecule has 38 heavy (non-hydrogen) atoms. The molecule has 2 atom stereocenters. The highest BCUT2D eigenvalue weighted by molar-refractivity contribution is 5.94. The number of ether oxygens (including phenoxy) is 1. The highest BCUT2D eigenvalue weighted by atomic mass is 19.3. The van der Waals surface area contributed by atoms with E-state index < -0.39 is 17.8 Å². The van der Waals surface area contributed by atoms with Crippen LogP contribution in [0.1, 0.15) is 30.8 Å². The minimum atomic E-state index is -2.93. The summed E-state index contributed by atoms with van der Waals surface area (Å²) in [4.78, 5) is 15.0. The second-order valence-electron chi connectivity index (χ2n) is 10.2. The zero-order valence-corrected chi connectivity index (χ0v) is 21.6. The number of rotatable bonds is 4. The van der Waals surface area contributed by atoms with Gasteiger partial charge in [0, 0.05) is 46.5 Å². The van der Waals surface area contributed by atoms with Crippen LogP contribution in [0.2, 0.25) is 0 Å². The van der Waals surface area contributed by atoms with Crippen molar-refractivity contribution in [1.82, 2.24) is 30.0 Å². The van der Waals surface area contributed by atoms with Gasteiger partial charge in [-0.15, -0.1) is 0 Å². The summed E-state index contributed by atoms with van der Waals surface area (Å²) in [5.74, 6) is -2.30. The lowest BCUT2D eigenvalue weighted by atomic mass is 10.0. The van der Waals surface area contributed by atoms with Crippen LogP contribution in [0.3, 0.4) is 0 Å². The number of fused-ring (bicyclic) bond motifs is 1. The summed E-state index contributed by atoms with van der Waals surface area (Å²) in [7, 11) is 0. The first-order valence-electron chi connectivity index (χ1n) is 12.9. The fourth-order valence-electron chi connectivity index (χ4n) is 5.68. The molecule has 2 aliphatic rings. The Morgan fingerprint density at radius 3 is 2.79 bits per heavy atom. The molecule has 8 nitrogen and oxygen atoms in total. The van der Waals surface area contributed by atoms with Gasteiger partial charge in [-0.25, -0.2) is 23.1 Å².